The largest absolute Gasteiger partial charge is 0.394 e. The number of carbonyl (C=O) groups is 1. The van der Waals surface area contributed by atoms with Crippen molar-refractivity contribution in [3.05, 3.63) is 30.1 Å². The van der Waals surface area contributed by atoms with E-state index in [0.29, 0.717) is 19.4 Å². The third-order valence-corrected chi connectivity index (χ3v) is 5.52. The molecule has 3 atom stereocenters. The van der Waals surface area contributed by atoms with Crippen molar-refractivity contribution in [2.24, 2.45) is 0 Å². The number of amides is 1. The van der Waals surface area contributed by atoms with Gasteiger partial charge in [-0.3, -0.25) is 4.79 Å². The van der Waals surface area contributed by atoms with Crippen molar-refractivity contribution < 1.29 is 27.4 Å². The average molecular weight is 374 g/mol. The number of rotatable bonds is 7. The van der Waals surface area contributed by atoms with Crippen LogP contribution in [0, 0.1) is 5.82 Å². The molecule has 0 spiro atoms. The number of hydrogen-bond acceptors (Lipinski definition) is 5. The van der Waals surface area contributed by atoms with Gasteiger partial charge in [0.05, 0.1) is 36.2 Å². The number of aliphatic hydroxyl groups excluding tert-OH is 1. The van der Waals surface area contributed by atoms with Gasteiger partial charge in [0.2, 0.25) is 15.9 Å². The molecular weight excluding hydrogens is 351 g/mol. The lowest BCUT2D eigenvalue weighted by atomic mass is 9.98. The van der Waals surface area contributed by atoms with Crippen molar-refractivity contribution in [2.45, 2.75) is 49.3 Å². The number of nitrogens with one attached hydrogen (secondary N) is 2. The Morgan fingerprint density at radius 1 is 1.32 bits per heavy atom. The molecule has 7 nitrogen and oxygen atoms in total. The van der Waals surface area contributed by atoms with E-state index in [1.165, 1.54) is 12.1 Å². The number of ether oxygens (including phenoxy) is 1. The Bertz CT molecular complexity index is 680. The Labute approximate surface area is 146 Å². The van der Waals surface area contributed by atoms with Crippen LogP contribution in [0.25, 0.3) is 0 Å². The molecule has 1 amide bonds. The van der Waals surface area contributed by atoms with Gasteiger partial charge in [0.25, 0.3) is 0 Å². The van der Waals surface area contributed by atoms with Gasteiger partial charge in [-0.25, -0.2) is 17.5 Å². The maximum Gasteiger partial charge on any atom is 0.240 e. The molecule has 140 valence electrons. The summed E-state index contributed by atoms with van der Waals surface area (Å²) in [7, 11) is -3.86. The molecule has 1 heterocycles. The monoisotopic (exact) mass is 374 g/mol. The summed E-state index contributed by atoms with van der Waals surface area (Å²) in [6, 6.07) is 3.86. The Balaban J connectivity index is 2.00. The highest BCUT2D eigenvalue weighted by atomic mass is 32.2. The van der Waals surface area contributed by atoms with Crippen molar-refractivity contribution in [2.75, 3.05) is 13.2 Å². The van der Waals surface area contributed by atoms with Gasteiger partial charge >= 0.3 is 0 Å². The standard InChI is InChI=1S/C16H23FN2O5S/c1-2-18-16(21)9-12-5-8-14(15(10-20)24-12)19-25(22,23)13-6-3-11(17)4-7-13/h3-4,6-7,12,14-15,19-20H,2,5,8-10H2,1H3,(H,18,21)/t12-,14-,15+/m0/s1. The maximum atomic E-state index is 13.0. The van der Waals surface area contributed by atoms with E-state index in [1.54, 1.807) is 0 Å². The second kappa shape index (κ2) is 8.70. The fraction of sp³-hybridized carbons (Fsp3) is 0.562. The van der Waals surface area contributed by atoms with Gasteiger partial charge in [0.1, 0.15) is 5.82 Å². The molecule has 0 radical (unpaired) electrons. The zero-order valence-corrected chi connectivity index (χ0v) is 14.8. The zero-order valence-electron chi connectivity index (χ0n) is 13.9. The van der Waals surface area contributed by atoms with E-state index in [4.69, 9.17) is 4.74 Å². The molecule has 1 fully saturated rings. The molecule has 1 aliphatic rings. The molecule has 25 heavy (non-hydrogen) atoms. The van der Waals surface area contributed by atoms with Crippen LogP contribution < -0.4 is 10.0 Å². The van der Waals surface area contributed by atoms with Gasteiger partial charge in [-0.05, 0) is 44.0 Å². The van der Waals surface area contributed by atoms with E-state index in [0.717, 1.165) is 12.1 Å². The van der Waals surface area contributed by atoms with Crippen molar-refractivity contribution in [3.8, 4) is 0 Å². The number of sulfonamides is 1. The van der Waals surface area contributed by atoms with E-state index in [2.05, 4.69) is 10.0 Å². The summed E-state index contributed by atoms with van der Waals surface area (Å²) >= 11 is 0. The van der Waals surface area contributed by atoms with E-state index in [9.17, 15) is 22.7 Å². The second-order valence-electron chi connectivity index (χ2n) is 5.90. The normalized spacial score (nSPS) is 24.0. The lowest BCUT2D eigenvalue weighted by Crippen LogP contribution is -2.51. The van der Waals surface area contributed by atoms with Gasteiger partial charge in [0.15, 0.2) is 0 Å². The first-order chi connectivity index (χ1) is 11.9. The predicted octanol–water partition coefficient (Wildman–Crippen LogP) is 0.539. The molecule has 0 unspecified atom stereocenters. The molecule has 1 aromatic rings. The summed E-state index contributed by atoms with van der Waals surface area (Å²) in [4.78, 5) is 11.6. The Morgan fingerprint density at radius 3 is 2.60 bits per heavy atom. The lowest BCUT2D eigenvalue weighted by Gasteiger charge is -2.35. The van der Waals surface area contributed by atoms with Gasteiger partial charge < -0.3 is 15.2 Å². The van der Waals surface area contributed by atoms with Crippen LogP contribution in [0.3, 0.4) is 0 Å². The third-order valence-electron chi connectivity index (χ3n) is 4.01. The summed E-state index contributed by atoms with van der Waals surface area (Å²) < 4.78 is 45.9. The SMILES string of the molecule is CCNC(=O)C[C@@H]1CC[C@H](NS(=O)(=O)c2ccc(F)cc2)[C@@H](CO)O1. The van der Waals surface area contributed by atoms with E-state index < -0.39 is 28.0 Å². The molecule has 2 rings (SSSR count). The van der Waals surface area contributed by atoms with Crippen LogP contribution in [0.4, 0.5) is 4.39 Å². The number of aliphatic hydroxyl groups is 1. The average Bonchev–Trinajstić information content (AvgIpc) is 2.56. The molecule has 1 saturated heterocycles. The van der Waals surface area contributed by atoms with Crippen LogP contribution in [0.1, 0.15) is 26.2 Å². The smallest absolute Gasteiger partial charge is 0.240 e. The molecule has 0 bridgehead atoms. The molecule has 9 heteroatoms. The fourth-order valence-electron chi connectivity index (χ4n) is 2.77. The number of hydrogen-bond donors (Lipinski definition) is 3. The summed E-state index contributed by atoms with van der Waals surface area (Å²) in [5, 5.41) is 12.2. The molecule has 0 aliphatic carbocycles. The Kier molecular flexibility index (Phi) is 6.88. The Morgan fingerprint density at radius 2 is 2.00 bits per heavy atom. The van der Waals surface area contributed by atoms with Crippen LogP contribution >= 0.6 is 0 Å². The number of carbonyl (C=O) groups excluding carboxylic acids is 1. The quantitative estimate of drug-likeness (QED) is 0.646. The van der Waals surface area contributed by atoms with Crippen molar-refractivity contribution >= 4 is 15.9 Å². The van der Waals surface area contributed by atoms with Crippen LogP contribution in [-0.4, -0.2) is 50.8 Å². The summed E-state index contributed by atoms with van der Waals surface area (Å²) in [5.74, 6) is -0.670. The highest BCUT2D eigenvalue weighted by Crippen LogP contribution is 2.23. The minimum absolute atomic E-state index is 0.0602. The highest BCUT2D eigenvalue weighted by molar-refractivity contribution is 7.89. The first-order valence-electron chi connectivity index (χ1n) is 8.16. The summed E-state index contributed by atoms with van der Waals surface area (Å²) in [6.45, 7) is 1.97. The third kappa shape index (κ3) is 5.46. The van der Waals surface area contributed by atoms with Gasteiger partial charge in [-0.1, -0.05) is 0 Å². The second-order valence-corrected chi connectivity index (χ2v) is 7.61. The van der Waals surface area contributed by atoms with Crippen molar-refractivity contribution in [1.29, 1.82) is 0 Å². The number of benzene rings is 1. The van der Waals surface area contributed by atoms with Crippen LogP contribution in [0.5, 0.6) is 0 Å². The summed E-state index contributed by atoms with van der Waals surface area (Å²) in [5.41, 5.74) is 0. The lowest BCUT2D eigenvalue weighted by molar-refractivity contribution is -0.130. The van der Waals surface area contributed by atoms with E-state index in [1.807, 2.05) is 6.92 Å². The number of halogens is 1. The topological polar surface area (TPSA) is 105 Å². The molecule has 1 aliphatic heterocycles. The first kappa shape index (κ1) is 19.8. The van der Waals surface area contributed by atoms with Crippen LogP contribution in [0.2, 0.25) is 0 Å². The van der Waals surface area contributed by atoms with E-state index in [-0.39, 0.29) is 29.9 Å². The van der Waals surface area contributed by atoms with Crippen molar-refractivity contribution in [3.63, 3.8) is 0 Å². The van der Waals surface area contributed by atoms with E-state index >= 15 is 0 Å². The minimum Gasteiger partial charge on any atom is -0.394 e. The fourth-order valence-corrected chi connectivity index (χ4v) is 4.07. The van der Waals surface area contributed by atoms with Crippen LogP contribution in [-0.2, 0) is 19.6 Å². The zero-order chi connectivity index (χ0) is 18.4. The maximum absolute atomic E-state index is 13.0. The predicted molar refractivity (Wildman–Crippen MR) is 88.8 cm³/mol. The molecule has 1 aromatic carbocycles. The van der Waals surface area contributed by atoms with Gasteiger partial charge in [-0.15, -0.1) is 0 Å². The minimum atomic E-state index is -3.86. The molecule has 0 aromatic heterocycles. The highest BCUT2D eigenvalue weighted by Gasteiger charge is 2.34. The van der Waals surface area contributed by atoms with Gasteiger partial charge in [0, 0.05) is 6.54 Å². The summed E-state index contributed by atoms with van der Waals surface area (Å²) in [6.07, 6.45) is -0.0273. The van der Waals surface area contributed by atoms with Gasteiger partial charge in [-0.2, -0.15) is 0 Å². The van der Waals surface area contributed by atoms with Crippen molar-refractivity contribution in [1.82, 2.24) is 10.0 Å². The molecule has 0 saturated carbocycles. The first-order valence-corrected chi connectivity index (χ1v) is 9.65. The van der Waals surface area contributed by atoms with Crippen LogP contribution in [0.15, 0.2) is 29.2 Å². The molecular formula is C16H23FN2O5S. The molecule has 3 N–H and O–H groups in total. The Hall–Kier alpha value is -1.55.